The number of hydrogen-bond donors (Lipinski definition) is 0. The van der Waals surface area contributed by atoms with E-state index in [0.29, 0.717) is 0 Å². The maximum absolute atomic E-state index is 2.35. The summed E-state index contributed by atoms with van der Waals surface area (Å²) in [5, 5.41) is 0. The van der Waals surface area contributed by atoms with Gasteiger partial charge in [0.2, 0.25) is 0 Å². The van der Waals surface area contributed by atoms with E-state index in [-0.39, 0.29) is 0 Å². The van der Waals surface area contributed by atoms with Gasteiger partial charge in [0.1, 0.15) is 0 Å². The second-order valence-electron chi connectivity index (χ2n) is 5.29. The molecule has 0 fully saturated rings. The smallest absolute Gasteiger partial charge is 0.0684 e. The van der Waals surface area contributed by atoms with Gasteiger partial charge in [0, 0.05) is 13.0 Å². The molecule has 0 nitrogen and oxygen atoms in total. The molecule has 0 aliphatic heterocycles. The van der Waals surface area contributed by atoms with Crippen molar-refractivity contribution in [3.63, 3.8) is 0 Å². The molecule has 0 atom stereocenters. The van der Waals surface area contributed by atoms with Gasteiger partial charge >= 0.3 is 0 Å². The highest BCUT2D eigenvalue weighted by molar-refractivity contribution is 7.99. The van der Waals surface area contributed by atoms with Gasteiger partial charge in [0.15, 0.2) is 0 Å². The molecule has 17 heavy (non-hydrogen) atoms. The van der Waals surface area contributed by atoms with Crippen LogP contribution in [0.2, 0.25) is 0 Å². The van der Waals surface area contributed by atoms with Gasteiger partial charge in [0.05, 0.1) is 24.6 Å². The molecule has 0 spiro atoms. The lowest BCUT2D eigenvalue weighted by Crippen LogP contribution is -2.14. The van der Waals surface area contributed by atoms with Gasteiger partial charge in [0.25, 0.3) is 0 Å². The Bertz CT molecular complexity index is 121. The van der Waals surface area contributed by atoms with Crippen molar-refractivity contribution in [3.8, 4) is 0 Å². The Kier molecular flexibility index (Phi) is 12.4. The molecule has 0 rings (SSSR count). The third-order valence-electron chi connectivity index (χ3n) is 3.73. The first-order chi connectivity index (χ1) is 8.24. The van der Waals surface area contributed by atoms with Gasteiger partial charge < -0.3 is 0 Å². The van der Waals surface area contributed by atoms with Crippen LogP contribution in [0.5, 0.6) is 0 Å². The van der Waals surface area contributed by atoms with E-state index in [4.69, 9.17) is 0 Å². The van der Waals surface area contributed by atoms with Crippen molar-refractivity contribution in [3.05, 3.63) is 0 Å². The van der Waals surface area contributed by atoms with Crippen molar-refractivity contribution in [1.82, 2.24) is 0 Å². The number of rotatable bonds is 12. The molecule has 0 radical (unpaired) electrons. The van der Waals surface area contributed by atoms with Crippen LogP contribution < -0.4 is 0 Å². The fourth-order valence-corrected chi connectivity index (χ4v) is 9.02. The van der Waals surface area contributed by atoms with Gasteiger partial charge in [-0.25, -0.2) is 0 Å². The summed E-state index contributed by atoms with van der Waals surface area (Å²) in [6, 6.07) is 0. The van der Waals surface area contributed by atoms with Crippen LogP contribution in [-0.2, 0) is 0 Å². The summed E-state index contributed by atoms with van der Waals surface area (Å²) in [6.45, 7) is 7.05. The molecule has 0 aliphatic rings. The summed E-state index contributed by atoms with van der Waals surface area (Å²) in [4.78, 5) is 0. The molecule has 0 amide bonds. The molecule has 0 N–H and O–H groups in total. The van der Waals surface area contributed by atoms with Crippen molar-refractivity contribution >= 4 is 19.0 Å². The third-order valence-corrected chi connectivity index (χ3v) is 9.61. The molecule has 0 heterocycles. The molecule has 0 aromatic rings. The summed E-state index contributed by atoms with van der Waals surface area (Å²) < 4.78 is 0. The highest BCUT2D eigenvalue weighted by Crippen LogP contribution is 2.60. The molecule has 0 bridgehead atoms. The van der Waals surface area contributed by atoms with Crippen molar-refractivity contribution < 1.29 is 0 Å². The third kappa shape index (κ3) is 8.49. The predicted octanol–water partition coefficient (Wildman–Crippen LogP) is 5.77. The Morgan fingerprint density at radius 1 is 0.706 bits per heavy atom. The minimum absolute atomic E-state index is 0.583. The Morgan fingerprint density at radius 2 is 1.12 bits per heavy atom. The van der Waals surface area contributed by atoms with Crippen LogP contribution in [0.1, 0.15) is 59.3 Å². The fourth-order valence-electron chi connectivity index (χ4n) is 2.44. The van der Waals surface area contributed by atoms with E-state index in [0.717, 1.165) is 0 Å². The predicted molar refractivity (Wildman–Crippen MR) is 89.5 cm³/mol. The average molecular weight is 277 g/mol. The Morgan fingerprint density at radius 3 is 1.41 bits per heavy atom. The maximum Gasteiger partial charge on any atom is 0.0684 e. The minimum Gasteiger partial charge on any atom is -0.162 e. The summed E-state index contributed by atoms with van der Waals surface area (Å²) in [6.07, 6.45) is 17.2. The largest absolute Gasteiger partial charge is 0.162 e. The maximum atomic E-state index is 2.35. The molecule has 0 unspecified atom stereocenters. The van der Waals surface area contributed by atoms with Gasteiger partial charge in [-0.1, -0.05) is 40.0 Å². The van der Waals surface area contributed by atoms with E-state index in [2.05, 4.69) is 38.8 Å². The van der Waals surface area contributed by atoms with Crippen molar-refractivity contribution in [2.45, 2.75) is 59.3 Å². The lowest BCUT2D eigenvalue weighted by Gasteiger charge is -2.27. The van der Waals surface area contributed by atoms with Crippen LogP contribution >= 0.6 is 19.0 Å². The zero-order valence-corrected chi connectivity index (χ0v) is 14.3. The lowest BCUT2D eigenvalue weighted by atomic mass is 10.4. The fraction of sp³-hybridized carbons (Fsp3) is 1.00. The normalized spacial score (nSPS) is 12.0. The molecule has 0 saturated heterocycles. The van der Waals surface area contributed by atoms with Gasteiger partial charge in [-0.15, -0.1) is 0 Å². The lowest BCUT2D eigenvalue weighted by molar-refractivity contribution is 0.834. The number of unbranched alkanes of at least 4 members (excludes halogenated alkanes) is 3. The Balaban J connectivity index is 4.39. The van der Waals surface area contributed by atoms with Crippen molar-refractivity contribution in [2.24, 2.45) is 0 Å². The van der Waals surface area contributed by atoms with Gasteiger partial charge in [-0.05, 0) is 25.5 Å². The van der Waals surface area contributed by atoms with Crippen LogP contribution in [0.3, 0.4) is 0 Å². The van der Waals surface area contributed by atoms with Crippen LogP contribution in [0.4, 0.5) is 0 Å². The SMILES string of the molecule is CCCC[P+](CCCC)(CCCC)CCSC. The topological polar surface area (TPSA) is 0 Å². The van der Waals surface area contributed by atoms with Crippen LogP contribution in [0, 0.1) is 0 Å². The molecular formula is C15H34PS+. The molecular weight excluding hydrogens is 243 g/mol. The van der Waals surface area contributed by atoms with Gasteiger partial charge in [-0.2, -0.15) is 11.8 Å². The molecule has 0 aromatic carbocycles. The zero-order valence-electron chi connectivity index (χ0n) is 12.6. The first kappa shape index (κ1) is 17.8. The van der Waals surface area contributed by atoms with Crippen LogP contribution in [0.15, 0.2) is 0 Å². The number of hydrogen-bond acceptors (Lipinski definition) is 1. The summed E-state index contributed by atoms with van der Waals surface area (Å²) >= 11 is 2.06. The summed E-state index contributed by atoms with van der Waals surface area (Å²) in [5.74, 6) is 1.41. The van der Waals surface area contributed by atoms with E-state index in [1.165, 1.54) is 44.3 Å². The van der Waals surface area contributed by atoms with E-state index >= 15 is 0 Å². The summed E-state index contributed by atoms with van der Waals surface area (Å²) in [5.41, 5.74) is 0. The van der Waals surface area contributed by atoms with E-state index < -0.39 is 7.26 Å². The minimum atomic E-state index is -0.583. The van der Waals surface area contributed by atoms with Crippen molar-refractivity contribution in [2.75, 3.05) is 36.7 Å². The first-order valence-corrected chi connectivity index (χ1v) is 11.5. The molecule has 2 heteroatoms. The second kappa shape index (κ2) is 11.8. The molecule has 0 saturated carbocycles. The highest BCUT2D eigenvalue weighted by Gasteiger charge is 2.34. The first-order valence-electron chi connectivity index (χ1n) is 7.58. The standard InChI is InChI=1S/C15H34PS/c1-5-8-11-16(12-9-6-2,13-10-7-3)14-15-17-4/h5-15H2,1-4H3/q+1. The van der Waals surface area contributed by atoms with Crippen LogP contribution in [0.25, 0.3) is 0 Å². The highest BCUT2D eigenvalue weighted by atomic mass is 32.2. The average Bonchev–Trinajstić information content (AvgIpc) is 2.37. The summed E-state index contributed by atoms with van der Waals surface area (Å²) in [7, 11) is -0.583. The van der Waals surface area contributed by atoms with Crippen LogP contribution in [-0.4, -0.2) is 36.7 Å². The van der Waals surface area contributed by atoms with Gasteiger partial charge in [-0.3, -0.25) is 0 Å². The van der Waals surface area contributed by atoms with Crippen molar-refractivity contribution in [1.29, 1.82) is 0 Å². The molecule has 104 valence electrons. The van der Waals surface area contributed by atoms with E-state index in [1.54, 1.807) is 24.6 Å². The van der Waals surface area contributed by atoms with E-state index in [1.807, 2.05) is 0 Å². The quantitative estimate of drug-likeness (QED) is 0.408. The Labute approximate surface area is 115 Å². The number of thioether (sulfide) groups is 1. The van der Waals surface area contributed by atoms with E-state index in [9.17, 15) is 0 Å². The zero-order chi connectivity index (χ0) is 13.0. The molecule has 0 aromatic heterocycles. The monoisotopic (exact) mass is 277 g/mol. The Hall–Kier alpha value is 0.780. The molecule has 0 aliphatic carbocycles. The second-order valence-corrected chi connectivity index (χ2v) is 10.7.